The van der Waals surface area contributed by atoms with Crippen LogP contribution >= 0.6 is 22.9 Å². The Labute approximate surface area is 106 Å². The third kappa shape index (κ3) is 1.91. The number of aromatic nitrogens is 2. The number of hydrogen-bond acceptors (Lipinski definition) is 4. The van der Waals surface area contributed by atoms with Crippen molar-refractivity contribution in [2.45, 2.75) is 13.0 Å². The summed E-state index contributed by atoms with van der Waals surface area (Å²) >= 11 is 7.05. The zero-order chi connectivity index (χ0) is 12.6. The minimum atomic E-state index is -0.599. The monoisotopic (exact) mass is 265 g/mol. The smallest absolute Gasteiger partial charge is 0.252 e. The molecule has 0 spiro atoms. The molecule has 0 aliphatic rings. The van der Waals surface area contributed by atoms with Gasteiger partial charge in [0, 0.05) is 10.3 Å². The summed E-state index contributed by atoms with van der Waals surface area (Å²) in [6.45, 7) is 1.61. The summed E-state index contributed by atoms with van der Waals surface area (Å²) in [5.41, 5.74) is 8.13. The molecule has 2 radical (unpaired) electrons. The lowest BCUT2D eigenvalue weighted by atomic mass is 9.93. The molecule has 9 heteroatoms. The van der Waals surface area contributed by atoms with E-state index in [4.69, 9.17) is 25.0 Å². The van der Waals surface area contributed by atoms with Gasteiger partial charge in [-0.15, -0.1) is 11.3 Å². The normalized spacial score (nSPS) is 12.4. The first-order valence-corrected chi connectivity index (χ1v) is 5.81. The number of halogens is 1. The summed E-state index contributed by atoms with van der Waals surface area (Å²) < 4.78 is 1.22. The highest BCUT2D eigenvalue weighted by Gasteiger charge is 2.15. The van der Waals surface area contributed by atoms with Gasteiger partial charge < -0.3 is 0 Å². The van der Waals surface area contributed by atoms with Gasteiger partial charge in [0.25, 0.3) is 5.56 Å². The van der Waals surface area contributed by atoms with Crippen molar-refractivity contribution in [3.63, 3.8) is 0 Å². The Morgan fingerprint density at radius 1 is 1.76 bits per heavy atom. The molecule has 0 N–H and O–H groups in total. The first-order chi connectivity index (χ1) is 8.06. The Kier molecular flexibility index (Phi) is 3.10. The molecule has 1 unspecified atom stereocenters. The molecule has 6 nitrogen and oxygen atoms in total. The molecule has 0 amide bonds. The van der Waals surface area contributed by atoms with Crippen LogP contribution in [0.25, 0.3) is 15.4 Å². The van der Waals surface area contributed by atoms with E-state index in [2.05, 4.69) is 15.0 Å². The van der Waals surface area contributed by atoms with E-state index in [0.29, 0.717) is 4.96 Å². The van der Waals surface area contributed by atoms with Crippen molar-refractivity contribution in [3.05, 3.63) is 37.0 Å². The second-order valence-corrected chi connectivity index (χ2v) is 4.50. The molecule has 2 aromatic rings. The standard InChI is InChI=1S/C8H5BClN5OS/c1-3(13-14-11)6-5(9)7(16)15-4(10)2-17-8(15)12-6/h2-3H,1H3. The summed E-state index contributed by atoms with van der Waals surface area (Å²) in [6, 6.07) is -0.599. The van der Waals surface area contributed by atoms with Gasteiger partial charge in [-0.05, 0) is 11.0 Å². The molecule has 17 heavy (non-hydrogen) atoms. The van der Waals surface area contributed by atoms with Crippen molar-refractivity contribution < 1.29 is 0 Å². The lowest BCUT2D eigenvalue weighted by molar-refractivity contribution is 0.776. The van der Waals surface area contributed by atoms with Gasteiger partial charge in [-0.25, -0.2) is 9.38 Å². The maximum absolute atomic E-state index is 11.9. The number of hydrogen-bond donors (Lipinski definition) is 0. The first-order valence-electron chi connectivity index (χ1n) is 4.55. The molecule has 2 aromatic heterocycles. The van der Waals surface area contributed by atoms with Crippen LogP contribution in [0.3, 0.4) is 0 Å². The second-order valence-electron chi connectivity index (χ2n) is 3.27. The fourth-order valence-corrected chi connectivity index (χ4v) is 2.49. The van der Waals surface area contributed by atoms with Crippen molar-refractivity contribution in [2.24, 2.45) is 5.11 Å². The first kappa shape index (κ1) is 12.0. The van der Waals surface area contributed by atoms with Crippen molar-refractivity contribution in [1.82, 2.24) is 9.38 Å². The highest BCUT2D eigenvalue weighted by atomic mass is 35.5. The van der Waals surface area contributed by atoms with E-state index in [9.17, 15) is 4.79 Å². The number of rotatable bonds is 2. The maximum Gasteiger partial charge on any atom is 0.252 e. The average molecular weight is 265 g/mol. The van der Waals surface area contributed by atoms with Gasteiger partial charge in [0.15, 0.2) is 4.96 Å². The van der Waals surface area contributed by atoms with Crippen LogP contribution in [0.1, 0.15) is 18.7 Å². The Morgan fingerprint density at radius 3 is 3.12 bits per heavy atom. The molecule has 0 saturated heterocycles. The lowest BCUT2D eigenvalue weighted by Gasteiger charge is -2.08. The van der Waals surface area contributed by atoms with E-state index in [1.807, 2.05) is 0 Å². The summed E-state index contributed by atoms with van der Waals surface area (Å²) in [5.74, 6) is 0. The van der Waals surface area contributed by atoms with Crippen molar-refractivity contribution >= 4 is 41.2 Å². The Balaban J connectivity index is 2.79. The summed E-state index contributed by atoms with van der Waals surface area (Å²) in [4.78, 5) is 19.2. The topological polar surface area (TPSA) is 83.1 Å². The van der Waals surface area contributed by atoms with Gasteiger partial charge in [0.2, 0.25) is 0 Å². The summed E-state index contributed by atoms with van der Waals surface area (Å²) in [5, 5.41) is 5.32. The molecule has 2 rings (SSSR count). The largest absolute Gasteiger partial charge is 0.270 e. The van der Waals surface area contributed by atoms with E-state index in [0.717, 1.165) is 0 Å². The van der Waals surface area contributed by atoms with E-state index in [-0.39, 0.29) is 16.3 Å². The Hall–Kier alpha value is -1.50. The third-order valence-electron chi connectivity index (χ3n) is 2.21. The number of azide groups is 1. The lowest BCUT2D eigenvalue weighted by Crippen LogP contribution is -2.35. The fraction of sp³-hybridized carbons (Fsp3) is 0.250. The minimum Gasteiger partial charge on any atom is -0.270 e. The Bertz CT molecular complexity index is 689. The molecule has 0 aliphatic heterocycles. The van der Waals surface area contributed by atoms with Crippen molar-refractivity contribution in [3.8, 4) is 0 Å². The molecule has 0 fully saturated rings. The van der Waals surface area contributed by atoms with Crippen LogP contribution in [0.15, 0.2) is 15.3 Å². The van der Waals surface area contributed by atoms with Crippen LogP contribution in [-0.4, -0.2) is 17.2 Å². The minimum absolute atomic E-state index is 0.0531. The molecular formula is C8H5BClN5OS. The SMILES string of the molecule is [B]c1c(C(C)N=[N+]=[N-])nc2scc(Cl)n2c1=O. The van der Waals surface area contributed by atoms with E-state index >= 15 is 0 Å². The van der Waals surface area contributed by atoms with Crippen LogP contribution in [-0.2, 0) is 0 Å². The van der Waals surface area contributed by atoms with Crippen LogP contribution in [0, 0.1) is 0 Å². The van der Waals surface area contributed by atoms with Crippen molar-refractivity contribution in [1.29, 1.82) is 0 Å². The molecule has 1 atom stereocenters. The van der Waals surface area contributed by atoms with Gasteiger partial charge in [-0.2, -0.15) is 0 Å². The zero-order valence-electron chi connectivity index (χ0n) is 8.66. The van der Waals surface area contributed by atoms with Gasteiger partial charge in [-0.3, -0.25) is 4.79 Å². The van der Waals surface area contributed by atoms with Gasteiger partial charge in [0.1, 0.15) is 13.0 Å². The molecule has 2 heterocycles. The molecule has 0 aliphatic carbocycles. The maximum atomic E-state index is 11.9. The zero-order valence-corrected chi connectivity index (χ0v) is 10.2. The predicted octanol–water partition coefficient (Wildman–Crippen LogP) is 1.57. The molecule has 0 bridgehead atoms. The highest BCUT2D eigenvalue weighted by molar-refractivity contribution is 7.15. The van der Waals surface area contributed by atoms with Crippen LogP contribution in [0.5, 0.6) is 0 Å². The number of thiazole rings is 1. The third-order valence-corrected chi connectivity index (χ3v) is 3.45. The summed E-state index contributed by atoms with van der Waals surface area (Å²) in [6.07, 6.45) is 0. The van der Waals surface area contributed by atoms with E-state index < -0.39 is 11.6 Å². The highest BCUT2D eigenvalue weighted by Crippen LogP contribution is 2.19. The van der Waals surface area contributed by atoms with Gasteiger partial charge in [-0.1, -0.05) is 23.6 Å². The second kappa shape index (κ2) is 4.41. The molecule has 84 valence electrons. The average Bonchev–Trinajstić information content (AvgIpc) is 2.65. The van der Waals surface area contributed by atoms with E-state index in [1.165, 1.54) is 15.7 Å². The quantitative estimate of drug-likeness (QED) is 0.357. The van der Waals surface area contributed by atoms with Gasteiger partial charge in [0.05, 0.1) is 11.7 Å². The van der Waals surface area contributed by atoms with Crippen LogP contribution in [0.4, 0.5) is 0 Å². The molecular weight excluding hydrogens is 260 g/mol. The van der Waals surface area contributed by atoms with Crippen LogP contribution in [0.2, 0.25) is 5.15 Å². The fourth-order valence-electron chi connectivity index (χ4n) is 1.40. The number of fused-ring (bicyclic) bond motifs is 1. The van der Waals surface area contributed by atoms with E-state index in [1.54, 1.807) is 12.3 Å². The van der Waals surface area contributed by atoms with Crippen LogP contribution < -0.4 is 11.0 Å². The summed E-state index contributed by atoms with van der Waals surface area (Å²) in [7, 11) is 5.67. The number of nitrogens with zero attached hydrogens (tertiary/aromatic N) is 5. The van der Waals surface area contributed by atoms with Gasteiger partial charge >= 0.3 is 0 Å². The molecule has 0 saturated carbocycles. The molecule has 0 aromatic carbocycles. The predicted molar refractivity (Wildman–Crippen MR) is 67.3 cm³/mol. The Morgan fingerprint density at radius 2 is 2.47 bits per heavy atom. The van der Waals surface area contributed by atoms with Crippen molar-refractivity contribution in [2.75, 3.05) is 0 Å².